The first-order valence-corrected chi connectivity index (χ1v) is 12.8. The Kier molecular flexibility index (Phi) is 26.8. The first-order valence-electron chi connectivity index (χ1n) is 12.8. The molecule has 0 bridgehead atoms. The van der Waals surface area contributed by atoms with Gasteiger partial charge in [-0.15, -0.1) is 0 Å². The van der Waals surface area contributed by atoms with Crippen LogP contribution in [0.5, 0.6) is 0 Å². The van der Waals surface area contributed by atoms with Crippen molar-refractivity contribution in [3.05, 3.63) is 0 Å². The zero-order chi connectivity index (χ0) is 24.2. The minimum absolute atomic E-state index is 0.181. The number of hydrogen-bond acceptors (Lipinski definition) is 7. The standard InChI is InChI=1S/C25H51NO7/c1-4-5-6-7-8-9-10-11-12-25(27)26(13-15-30-21-23-32-19-17-28-2)14-16-31-22-24-33-20-18-29-3/h4-24H2,1-3H3. The van der Waals surface area contributed by atoms with Gasteiger partial charge in [-0.3, -0.25) is 4.79 Å². The molecule has 1 amide bonds. The Labute approximate surface area is 202 Å². The molecule has 8 heteroatoms. The number of hydrogen-bond donors (Lipinski definition) is 0. The highest BCUT2D eigenvalue weighted by molar-refractivity contribution is 5.76. The average molecular weight is 478 g/mol. The van der Waals surface area contributed by atoms with Crippen molar-refractivity contribution in [2.45, 2.75) is 64.7 Å². The van der Waals surface area contributed by atoms with E-state index in [1.165, 1.54) is 38.5 Å². The number of carbonyl (C=O) groups excluding carboxylic acids is 1. The maximum absolute atomic E-state index is 12.7. The number of rotatable bonds is 27. The number of amides is 1. The molecule has 0 aliphatic carbocycles. The number of methoxy groups -OCH3 is 2. The van der Waals surface area contributed by atoms with Gasteiger partial charge in [0.05, 0.1) is 66.1 Å². The van der Waals surface area contributed by atoms with Gasteiger partial charge in [0, 0.05) is 33.7 Å². The maximum Gasteiger partial charge on any atom is 0.222 e. The van der Waals surface area contributed by atoms with Gasteiger partial charge in [0.1, 0.15) is 0 Å². The van der Waals surface area contributed by atoms with Crippen LogP contribution in [0.15, 0.2) is 0 Å². The lowest BCUT2D eigenvalue weighted by Crippen LogP contribution is -2.37. The van der Waals surface area contributed by atoms with Crippen molar-refractivity contribution in [2.75, 3.05) is 93.4 Å². The predicted molar refractivity (Wildman–Crippen MR) is 131 cm³/mol. The van der Waals surface area contributed by atoms with Crippen LogP contribution in [0.3, 0.4) is 0 Å². The van der Waals surface area contributed by atoms with Crippen LogP contribution in [0.1, 0.15) is 64.7 Å². The van der Waals surface area contributed by atoms with Crippen molar-refractivity contribution in [1.82, 2.24) is 4.90 Å². The Bertz CT molecular complexity index is 379. The lowest BCUT2D eigenvalue weighted by atomic mass is 10.1. The molecule has 8 nitrogen and oxygen atoms in total. The Hall–Kier alpha value is -0.770. The molecule has 0 saturated heterocycles. The lowest BCUT2D eigenvalue weighted by Gasteiger charge is -2.23. The van der Waals surface area contributed by atoms with E-state index in [-0.39, 0.29) is 5.91 Å². The fraction of sp³-hybridized carbons (Fsp3) is 0.960. The summed E-state index contributed by atoms with van der Waals surface area (Å²) in [6.45, 7) is 8.75. The quantitative estimate of drug-likeness (QED) is 0.167. The second kappa shape index (κ2) is 27.5. The third kappa shape index (κ3) is 24.2. The van der Waals surface area contributed by atoms with E-state index in [0.717, 1.165) is 12.8 Å². The van der Waals surface area contributed by atoms with Crippen molar-refractivity contribution in [3.8, 4) is 0 Å². The Balaban J connectivity index is 4.04. The van der Waals surface area contributed by atoms with Gasteiger partial charge in [-0.25, -0.2) is 0 Å². The highest BCUT2D eigenvalue weighted by Crippen LogP contribution is 2.10. The van der Waals surface area contributed by atoms with E-state index in [4.69, 9.17) is 28.4 Å². The van der Waals surface area contributed by atoms with Crippen LogP contribution >= 0.6 is 0 Å². The SMILES string of the molecule is CCCCCCCCCCC(=O)N(CCOCCOCCOC)CCOCCOCCOC. The summed E-state index contributed by atoms with van der Waals surface area (Å²) in [6, 6.07) is 0. The van der Waals surface area contributed by atoms with E-state index in [1.807, 2.05) is 4.90 Å². The van der Waals surface area contributed by atoms with Crippen LogP contribution in [-0.4, -0.2) is 104 Å². The molecule has 0 heterocycles. The first-order chi connectivity index (χ1) is 16.3. The molecule has 0 spiro atoms. The second-order valence-electron chi connectivity index (χ2n) is 8.04. The highest BCUT2D eigenvalue weighted by atomic mass is 16.5. The molecule has 0 saturated carbocycles. The van der Waals surface area contributed by atoms with Gasteiger partial charge in [-0.1, -0.05) is 51.9 Å². The summed E-state index contributed by atoms with van der Waals surface area (Å²) >= 11 is 0. The molecule has 0 rings (SSSR count). The summed E-state index contributed by atoms with van der Waals surface area (Å²) in [7, 11) is 3.30. The average Bonchev–Trinajstić information content (AvgIpc) is 2.82. The molecule has 33 heavy (non-hydrogen) atoms. The molecule has 0 aromatic carbocycles. The second-order valence-corrected chi connectivity index (χ2v) is 8.04. The third-order valence-electron chi connectivity index (χ3n) is 5.22. The number of carbonyl (C=O) groups is 1. The van der Waals surface area contributed by atoms with Gasteiger partial charge in [-0.2, -0.15) is 0 Å². The molecule has 0 atom stereocenters. The molecule has 0 fully saturated rings. The number of ether oxygens (including phenoxy) is 6. The molecule has 198 valence electrons. The molecule has 0 aliphatic heterocycles. The molecule has 0 aliphatic rings. The maximum atomic E-state index is 12.7. The van der Waals surface area contributed by atoms with Gasteiger partial charge < -0.3 is 33.3 Å². The Morgan fingerprint density at radius 1 is 0.545 bits per heavy atom. The summed E-state index contributed by atoms with van der Waals surface area (Å²) in [6.07, 6.45) is 10.4. The zero-order valence-corrected chi connectivity index (χ0v) is 21.7. The summed E-state index contributed by atoms with van der Waals surface area (Å²) in [5.41, 5.74) is 0. The van der Waals surface area contributed by atoms with Gasteiger partial charge in [-0.05, 0) is 6.42 Å². The number of unbranched alkanes of at least 4 members (excludes halogenated alkanes) is 7. The minimum atomic E-state index is 0.181. The number of nitrogens with zero attached hydrogens (tertiary/aromatic N) is 1. The lowest BCUT2D eigenvalue weighted by molar-refractivity contribution is -0.133. The van der Waals surface area contributed by atoms with Crippen molar-refractivity contribution in [2.24, 2.45) is 0 Å². The van der Waals surface area contributed by atoms with Crippen LogP contribution in [0.4, 0.5) is 0 Å². The molecule has 0 unspecified atom stereocenters. The Morgan fingerprint density at radius 3 is 1.39 bits per heavy atom. The molecule has 0 aromatic rings. The fourth-order valence-electron chi connectivity index (χ4n) is 3.21. The smallest absolute Gasteiger partial charge is 0.222 e. The predicted octanol–water partition coefficient (Wildman–Crippen LogP) is 3.71. The van der Waals surface area contributed by atoms with Crippen LogP contribution in [-0.2, 0) is 33.2 Å². The normalized spacial score (nSPS) is 11.2. The van der Waals surface area contributed by atoms with Gasteiger partial charge in [0.2, 0.25) is 5.91 Å². The monoisotopic (exact) mass is 477 g/mol. The summed E-state index contributed by atoms with van der Waals surface area (Å²) in [4.78, 5) is 14.6. The van der Waals surface area contributed by atoms with Gasteiger partial charge >= 0.3 is 0 Å². The molecular formula is C25H51NO7. The van der Waals surface area contributed by atoms with Gasteiger partial charge in [0.15, 0.2) is 0 Å². The summed E-state index contributed by atoms with van der Waals surface area (Å²) < 4.78 is 31.9. The van der Waals surface area contributed by atoms with Crippen molar-refractivity contribution >= 4 is 5.91 Å². The molecular weight excluding hydrogens is 426 g/mol. The van der Waals surface area contributed by atoms with Crippen LogP contribution in [0, 0.1) is 0 Å². The van der Waals surface area contributed by atoms with E-state index in [0.29, 0.717) is 85.6 Å². The van der Waals surface area contributed by atoms with E-state index >= 15 is 0 Å². The van der Waals surface area contributed by atoms with Crippen molar-refractivity contribution < 1.29 is 33.2 Å². The largest absolute Gasteiger partial charge is 0.382 e. The zero-order valence-electron chi connectivity index (χ0n) is 21.7. The fourth-order valence-corrected chi connectivity index (χ4v) is 3.21. The van der Waals surface area contributed by atoms with Crippen LogP contribution in [0.25, 0.3) is 0 Å². The third-order valence-corrected chi connectivity index (χ3v) is 5.22. The van der Waals surface area contributed by atoms with Crippen molar-refractivity contribution in [3.63, 3.8) is 0 Å². The van der Waals surface area contributed by atoms with E-state index in [2.05, 4.69) is 6.92 Å². The Morgan fingerprint density at radius 2 is 0.939 bits per heavy atom. The molecule has 0 aromatic heterocycles. The van der Waals surface area contributed by atoms with Gasteiger partial charge in [0.25, 0.3) is 0 Å². The molecule has 0 N–H and O–H groups in total. The first kappa shape index (κ1) is 32.2. The van der Waals surface area contributed by atoms with E-state index in [1.54, 1.807) is 14.2 Å². The molecule has 0 radical (unpaired) electrons. The van der Waals surface area contributed by atoms with Crippen molar-refractivity contribution in [1.29, 1.82) is 0 Å². The highest BCUT2D eigenvalue weighted by Gasteiger charge is 2.13. The van der Waals surface area contributed by atoms with Crippen LogP contribution < -0.4 is 0 Å². The summed E-state index contributed by atoms with van der Waals surface area (Å²) in [5, 5.41) is 0. The minimum Gasteiger partial charge on any atom is -0.382 e. The van der Waals surface area contributed by atoms with E-state index < -0.39 is 0 Å². The topological polar surface area (TPSA) is 75.7 Å². The summed E-state index contributed by atoms with van der Waals surface area (Å²) in [5.74, 6) is 0.181. The van der Waals surface area contributed by atoms with Crippen LogP contribution in [0.2, 0.25) is 0 Å². The van der Waals surface area contributed by atoms with E-state index in [9.17, 15) is 4.79 Å².